The average Bonchev–Trinajstić information content (AvgIpc) is 3.02. The van der Waals surface area contributed by atoms with Gasteiger partial charge in [-0.3, -0.25) is 9.59 Å². The molecular weight excluding hydrogens is 328 g/mol. The lowest BCUT2D eigenvalue weighted by atomic mass is 10.0. The second-order valence-corrected chi connectivity index (χ2v) is 7.09. The van der Waals surface area contributed by atoms with Gasteiger partial charge in [0.05, 0.1) is 6.61 Å². The van der Waals surface area contributed by atoms with Gasteiger partial charge in [0, 0.05) is 31.9 Å². The third-order valence-corrected chi connectivity index (χ3v) is 5.51. The van der Waals surface area contributed by atoms with Gasteiger partial charge in [0.15, 0.2) is 0 Å². The van der Waals surface area contributed by atoms with E-state index in [9.17, 15) is 9.59 Å². The number of carbonyl (C=O) groups is 2. The van der Waals surface area contributed by atoms with Gasteiger partial charge in [-0.15, -0.1) is 0 Å². The summed E-state index contributed by atoms with van der Waals surface area (Å²) in [7, 11) is 1.64. The number of methoxy groups -OCH3 is 1. The molecule has 1 aliphatic heterocycles. The normalized spacial score (nSPS) is 17.2. The predicted octanol–water partition coefficient (Wildman–Crippen LogP) is 3.32. The fourth-order valence-electron chi connectivity index (χ4n) is 3.65. The van der Waals surface area contributed by atoms with Crippen LogP contribution in [0.2, 0.25) is 0 Å². The van der Waals surface area contributed by atoms with E-state index in [-0.39, 0.29) is 17.9 Å². The summed E-state index contributed by atoms with van der Waals surface area (Å²) in [5.74, 6) is -0.701. The molecule has 1 aliphatic rings. The van der Waals surface area contributed by atoms with Crippen LogP contribution in [0.4, 0.5) is 5.69 Å². The van der Waals surface area contributed by atoms with E-state index in [0.29, 0.717) is 26.1 Å². The van der Waals surface area contributed by atoms with Gasteiger partial charge in [-0.05, 0) is 56.4 Å². The van der Waals surface area contributed by atoms with E-state index in [1.807, 2.05) is 30.0 Å². The second-order valence-electron chi connectivity index (χ2n) is 7.09. The molecule has 0 aromatic heterocycles. The zero-order valence-corrected chi connectivity index (χ0v) is 16.7. The number of ether oxygens (including phenoxy) is 1. The summed E-state index contributed by atoms with van der Waals surface area (Å²) >= 11 is 0. The molecule has 1 saturated heterocycles. The van der Waals surface area contributed by atoms with Crippen LogP contribution in [-0.2, 0) is 14.3 Å². The van der Waals surface area contributed by atoms with E-state index < -0.39 is 5.92 Å². The number of rotatable bonds is 8. The lowest BCUT2D eigenvalue weighted by molar-refractivity contribution is -0.142. The number of anilines is 1. The molecule has 1 aromatic rings. The molecule has 5 nitrogen and oxygen atoms in total. The van der Waals surface area contributed by atoms with Gasteiger partial charge >= 0.3 is 0 Å². The van der Waals surface area contributed by atoms with Gasteiger partial charge < -0.3 is 14.5 Å². The number of aryl methyl sites for hydroxylation is 2. The number of nitrogens with zero attached hydrogens (tertiary/aromatic N) is 2. The minimum atomic E-state index is -0.575. The molecule has 0 spiro atoms. The van der Waals surface area contributed by atoms with Gasteiger partial charge in [0.1, 0.15) is 5.92 Å². The van der Waals surface area contributed by atoms with Crippen LogP contribution in [0.3, 0.4) is 0 Å². The van der Waals surface area contributed by atoms with Gasteiger partial charge in [-0.1, -0.05) is 19.9 Å². The molecule has 1 unspecified atom stereocenters. The highest BCUT2D eigenvalue weighted by Crippen LogP contribution is 2.29. The molecule has 0 radical (unpaired) electrons. The van der Waals surface area contributed by atoms with Crippen LogP contribution in [0.15, 0.2) is 18.2 Å². The first kappa shape index (κ1) is 20.4. The molecule has 1 fully saturated rings. The monoisotopic (exact) mass is 360 g/mol. The summed E-state index contributed by atoms with van der Waals surface area (Å²) in [6.07, 6.45) is 2.34. The molecule has 1 atom stereocenters. The molecule has 2 amide bonds. The van der Waals surface area contributed by atoms with Crippen LogP contribution in [-0.4, -0.2) is 49.6 Å². The molecule has 0 aliphatic carbocycles. The lowest BCUT2D eigenvalue weighted by Gasteiger charge is -2.32. The fraction of sp³-hybridized carbons (Fsp3) is 0.619. The van der Waals surface area contributed by atoms with Crippen molar-refractivity contribution < 1.29 is 14.3 Å². The van der Waals surface area contributed by atoms with Crippen molar-refractivity contribution in [3.05, 3.63) is 29.3 Å². The maximum Gasteiger partial charge on any atom is 0.239 e. The van der Waals surface area contributed by atoms with Crippen molar-refractivity contribution in [3.8, 4) is 0 Å². The molecule has 5 heteroatoms. The Morgan fingerprint density at radius 2 is 1.96 bits per heavy atom. The van der Waals surface area contributed by atoms with Gasteiger partial charge in [0.2, 0.25) is 11.8 Å². The molecule has 0 bridgehead atoms. The quantitative estimate of drug-likeness (QED) is 0.668. The minimum absolute atomic E-state index is 0.0490. The zero-order valence-electron chi connectivity index (χ0n) is 16.7. The average molecular weight is 360 g/mol. The molecule has 0 saturated carbocycles. The molecule has 0 N–H and O–H groups in total. The highest BCUT2D eigenvalue weighted by molar-refractivity contribution is 6.09. The Labute approximate surface area is 157 Å². The van der Waals surface area contributed by atoms with Gasteiger partial charge in [-0.25, -0.2) is 0 Å². The molecule has 2 rings (SSSR count). The molecular formula is C21H32N2O3. The van der Waals surface area contributed by atoms with Crippen molar-refractivity contribution in [3.63, 3.8) is 0 Å². The first-order valence-corrected chi connectivity index (χ1v) is 9.62. The highest BCUT2D eigenvalue weighted by Gasteiger charge is 2.40. The van der Waals surface area contributed by atoms with Crippen molar-refractivity contribution >= 4 is 17.5 Å². The Bertz CT molecular complexity index is 640. The molecule has 26 heavy (non-hydrogen) atoms. The molecule has 144 valence electrons. The maximum absolute atomic E-state index is 13.1. The Morgan fingerprint density at radius 1 is 1.27 bits per heavy atom. The SMILES string of the molecule is CCC(CC)N(CCOC)C(=O)C1CCN(c2ccc(C)c(C)c2)C1=O. The van der Waals surface area contributed by atoms with Crippen LogP contribution in [0, 0.1) is 19.8 Å². The number of carbonyl (C=O) groups excluding carboxylic acids is 2. The first-order chi connectivity index (χ1) is 12.4. The predicted molar refractivity (Wildman–Crippen MR) is 104 cm³/mol. The topological polar surface area (TPSA) is 49.9 Å². The summed E-state index contributed by atoms with van der Waals surface area (Å²) in [4.78, 5) is 29.7. The number of amides is 2. The van der Waals surface area contributed by atoms with E-state index >= 15 is 0 Å². The number of hydrogen-bond acceptors (Lipinski definition) is 3. The van der Waals surface area contributed by atoms with Gasteiger partial charge in [0.25, 0.3) is 0 Å². The van der Waals surface area contributed by atoms with E-state index in [4.69, 9.17) is 4.74 Å². The Kier molecular flexibility index (Phi) is 7.21. The fourth-order valence-corrected chi connectivity index (χ4v) is 3.65. The van der Waals surface area contributed by atoms with E-state index in [2.05, 4.69) is 20.8 Å². The standard InChI is InChI=1S/C21H32N2O3/c1-6-17(7-2)23(12-13-26-5)21(25)19-10-11-22(20(19)24)18-9-8-15(3)16(4)14-18/h8-9,14,17,19H,6-7,10-13H2,1-5H3. The van der Waals surface area contributed by atoms with Crippen LogP contribution >= 0.6 is 0 Å². The van der Waals surface area contributed by atoms with Crippen molar-refractivity contribution in [2.75, 3.05) is 31.7 Å². The summed E-state index contributed by atoms with van der Waals surface area (Å²) in [5, 5.41) is 0. The van der Waals surface area contributed by atoms with Crippen molar-refractivity contribution in [2.24, 2.45) is 5.92 Å². The Balaban J connectivity index is 2.18. The Morgan fingerprint density at radius 3 is 2.54 bits per heavy atom. The lowest BCUT2D eigenvalue weighted by Crippen LogP contribution is -2.46. The zero-order chi connectivity index (χ0) is 19.3. The third-order valence-electron chi connectivity index (χ3n) is 5.51. The van der Waals surface area contributed by atoms with Crippen molar-refractivity contribution in [1.82, 2.24) is 4.90 Å². The Hall–Kier alpha value is -1.88. The van der Waals surface area contributed by atoms with Crippen molar-refractivity contribution in [2.45, 2.75) is 53.0 Å². The summed E-state index contributed by atoms with van der Waals surface area (Å²) in [6.45, 7) is 9.89. The van der Waals surface area contributed by atoms with Gasteiger partial charge in [-0.2, -0.15) is 0 Å². The summed E-state index contributed by atoms with van der Waals surface area (Å²) in [6, 6.07) is 6.18. The van der Waals surface area contributed by atoms with E-state index in [1.54, 1.807) is 12.0 Å². The highest BCUT2D eigenvalue weighted by atomic mass is 16.5. The third kappa shape index (κ3) is 4.26. The molecule has 1 heterocycles. The number of benzene rings is 1. The number of hydrogen-bond donors (Lipinski definition) is 0. The summed E-state index contributed by atoms with van der Waals surface area (Å²) < 4.78 is 5.18. The largest absolute Gasteiger partial charge is 0.383 e. The van der Waals surface area contributed by atoms with Crippen LogP contribution in [0.5, 0.6) is 0 Å². The van der Waals surface area contributed by atoms with Crippen LogP contribution < -0.4 is 4.90 Å². The molecule has 1 aromatic carbocycles. The maximum atomic E-state index is 13.1. The van der Waals surface area contributed by atoms with Crippen molar-refractivity contribution in [1.29, 1.82) is 0 Å². The first-order valence-electron chi connectivity index (χ1n) is 9.62. The van der Waals surface area contributed by atoms with E-state index in [1.165, 1.54) is 5.56 Å². The smallest absolute Gasteiger partial charge is 0.239 e. The second kappa shape index (κ2) is 9.17. The minimum Gasteiger partial charge on any atom is -0.383 e. The summed E-state index contributed by atoms with van der Waals surface area (Å²) in [5.41, 5.74) is 3.25. The van der Waals surface area contributed by atoms with Crippen LogP contribution in [0.25, 0.3) is 0 Å². The van der Waals surface area contributed by atoms with E-state index in [0.717, 1.165) is 24.1 Å². The van der Waals surface area contributed by atoms with Crippen LogP contribution in [0.1, 0.15) is 44.2 Å².